The minimum Gasteiger partial charge on any atom is -0.313 e. The zero-order chi connectivity index (χ0) is 15.5. The molecule has 0 unspecified atom stereocenters. The van der Waals surface area contributed by atoms with Crippen molar-refractivity contribution < 1.29 is 12.8 Å². The van der Waals surface area contributed by atoms with E-state index in [4.69, 9.17) is 0 Å². The van der Waals surface area contributed by atoms with E-state index in [0.29, 0.717) is 24.2 Å². The molecule has 3 N–H and O–H groups in total. The van der Waals surface area contributed by atoms with Crippen LogP contribution in [0.5, 0.6) is 0 Å². The molecule has 0 radical (unpaired) electrons. The third kappa shape index (κ3) is 3.59. The number of nitrogens with one attached hydrogen (secondary N) is 3. The number of anilines is 1. The highest BCUT2D eigenvalue weighted by molar-refractivity contribution is 7.92. The highest BCUT2D eigenvalue weighted by Crippen LogP contribution is 2.20. The molecule has 0 aliphatic heterocycles. The molecule has 2 rings (SSSR count). The highest BCUT2D eigenvalue weighted by Gasteiger charge is 2.22. The Kier molecular flexibility index (Phi) is 4.59. The van der Waals surface area contributed by atoms with Gasteiger partial charge < -0.3 is 5.32 Å². The number of halogens is 1. The van der Waals surface area contributed by atoms with E-state index in [-0.39, 0.29) is 10.7 Å². The molecule has 0 amide bonds. The molecule has 0 saturated carbocycles. The average molecular weight is 312 g/mol. The minimum absolute atomic E-state index is 0.0663. The summed E-state index contributed by atoms with van der Waals surface area (Å²) in [6, 6.07) is 4.29. The fraction of sp³-hybridized carbons (Fsp3) is 0.308. The van der Waals surface area contributed by atoms with Crippen LogP contribution in [0.1, 0.15) is 18.1 Å². The summed E-state index contributed by atoms with van der Waals surface area (Å²) >= 11 is 0. The molecule has 1 heterocycles. The summed E-state index contributed by atoms with van der Waals surface area (Å²) in [4.78, 5) is 0. The number of H-pyrrole nitrogens is 1. The number of aromatic amines is 1. The molecule has 0 fully saturated rings. The summed E-state index contributed by atoms with van der Waals surface area (Å²) in [5.74, 6) is -0.619. The molecule has 1 aromatic carbocycles. The van der Waals surface area contributed by atoms with E-state index in [2.05, 4.69) is 20.2 Å². The van der Waals surface area contributed by atoms with Crippen LogP contribution in [0.15, 0.2) is 29.4 Å². The van der Waals surface area contributed by atoms with Crippen LogP contribution < -0.4 is 10.0 Å². The molecule has 0 spiro atoms. The lowest BCUT2D eigenvalue weighted by Gasteiger charge is -2.09. The maximum atomic E-state index is 13.8. The summed E-state index contributed by atoms with van der Waals surface area (Å²) in [7, 11) is -3.91. The third-order valence-corrected chi connectivity index (χ3v) is 4.26. The first-order valence-electron chi connectivity index (χ1n) is 6.46. The Bertz CT molecular complexity index is 728. The van der Waals surface area contributed by atoms with Gasteiger partial charge >= 0.3 is 0 Å². The molecule has 0 atom stereocenters. The molecule has 0 bridgehead atoms. The standard InChI is InChI=1S/C13H17FN4O2S/c1-3-15-7-10-8-16-17-13(10)21(19,20)18-12-5-4-9(2)6-11(12)14/h4-6,8,15,18H,3,7H2,1-2H3,(H,16,17). The van der Waals surface area contributed by atoms with Gasteiger partial charge in [0, 0.05) is 12.1 Å². The SMILES string of the molecule is CCNCc1cn[nH]c1S(=O)(=O)Nc1ccc(C)cc1F. The van der Waals surface area contributed by atoms with Gasteiger partial charge in [-0.2, -0.15) is 13.5 Å². The van der Waals surface area contributed by atoms with Crippen molar-refractivity contribution in [2.75, 3.05) is 11.3 Å². The lowest BCUT2D eigenvalue weighted by Crippen LogP contribution is -2.19. The van der Waals surface area contributed by atoms with Gasteiger partial charge in [0.15, 0.2) is 5.03 Å². The fourth-order valence-corrected chi connectivity index (χ4v) is 3.02. The number of sulfonamides is 1. The molecule has 0 aliphatic rings. The number of benzene rings is 1. The van der Waals surface area contributed by atoms with Gasteiger partial charge in [-0.1, -0.05) is 13.0 Å². The van der Waals surface area contributed by atoms with Gasteiger partial charge in [0.05, 0.1) is 11.9 Å². The van der Waals surface area contributed by atoms with Crippen molar-refractivity contribution in [3.63, 3.8) is 0 Å². The molecular weight excluding hydrogens is 295 g/mol. The molecule has 0 aliphatic carbocycles. The van der Waals surface area contributed by atoms with Gasteiger partial charge in [-0.15, -0.1) is 0 Å². The smallest absolute Gasteiger partial charge is 0.279 e. The monoisotopic (exact) mass is 312 g/mol. The van der Waals surface area contributed by atoms with Crippen LogP contribution in [0.2, 0.25) is 0 Å². The Hall–Kier alpha value is -1.93. The first-order chi connectivity index (χ1) is 9.94. The van der Waals surface area contributed by atoms with Crippen LogP contribution in [0.4, 0.5) is 10.1 Å². The predicted molar refractivity (Wildman–Crippen MR) is 77.9 cm³/mol. The summed E-state index contributed by atoms with van der Waals surface area (Å²) in [5.41, 5.74) is 1.12. The second-order valence-electron chi connectivity index (χ2n) is 4.59. The number of rotatable bonds is 6. The van der Waals surface area contributed by atoms with Crippen LogP contribution in [0.3, 0.4) is 0 Å². The van der Waals surface area contributed by atoms with Crippen molar-refractivity contribution in [2.45, 2.75) is 25.4 Å². The first-order valence-corrected chi connectivity index (χ1v) is 7.94. The van der Waals surface area contributed by atoms with Crippen molar-refractivity contribution in [2.24, 2.45) is 0 Å². The van der Waals surface area contributed by atoms with E-state index in [9.17, 15) is 12.8 Å². The average Bonchev–Trinajstić information content (AvgIpc) is 2.89. The van der Waals surface area contributed by atoms with Gasteiger partial charge in [0.2, 0.25) is 0 Å². The van der Waals surface area contributed by atoms with Crippen molar-refractivity contribution in [1.29, 1.82) is 0 Å². The second kappa shape index (κ2) is 6.23. The van der Waals surface area contributed by atoms with E-state index < -0.39 is 15.8 Å². The molecule has 1 aromatic heterocycles. The quantitative estimate of drug-likeness (QED) is 0.758. The lowest BCUT2D eigenvalue weighted by molar-refractivity contribution is 0.592. The Morgan fingerprint density at radius 3 is 2.81 bits per heavy atom. The van der Waals surface area contributed by atoms with E-state index >= 15 is 0 Å². The molecule has 0 saturated heterocycles. The summed E-state index contributed by atoms with van der Waals surface area (Å²) in [6.45, 7) is 4.70. The van der Waals surface area contributed by atoms with Crippen molar-refractivity contribution >= 4 is 15.7 Å². The summed E-state index contributed by atoms with van der Waals surface area (Å²) in [6.07, 6.45) is 1.43. The van der Waals surface area contributed by atoms with Gasteiger partial charge in [-0.25, -0.2) is 4.39 Å². The highest BCUT2D eigenvalue weighted by atomic mass is 32.2. The zero-order valence-corrected chi connectivity index (χ0v) is 12.6. The number of nitrogens with zero attached hydrogens (tertiary/aromatic N) is 1. The van der Waals surface area contributed by atoms with Gasteiger partial charge in [0.1, 0.15) is 5.82 Å². The van der Waals surface area contributed by atoms with Gasteiger partial charge in [0.25, 0.3) is 10.0 Å². The molecule has 114 valence electrons. The van der Waals surface area contributed by atoms with E-state index in [1.165, 1.54) is 18.3 Å². The van der Waals surface area contributed by atoms with Crippen LogP contribution in [0, 0.1) is 12.7 Å². The maximum absolute atomic E-state index is 13.8. The predicted octanol–water partition coefficient (Wildman–Crippen LogP) is 1.77. The molecular formula is C13H17FN4O2S. The Labute approximate surface area is 122 Å². The van der Waals surface area contributed by atoms with Crippen LogP contribution >= 0.6 is 0 Å². The molecule has 6 nitrogen and oxygen atoms in total. The number of hydrogen-bond donors (Lipinski definition) is 3. The van der Waals surface area contributed by atoms with Crippen molar-refractivity contribution in [3.05, 3.63) is 41.3 Å². The second-order valence-corrected chi connectivity index (χ2v) is 6.21. The fourth-order valence-electron chi connectivity index (χ4n) is 1.82. The van der Waals surface area contributed by atoms with E-state index in [0.717, 1.165) is 0 Å². The maximum Gasteiger partial charge on any atom is 0.279 e. The first kappa shape index (κ1) is 15.5. The van der Waals surface area contributed by atoms with Crippen molar-refractivity contribution in [3.8, 4) is 0 Å². The Morgan fingerprint density at radius 1 is 1.38 bits per heavy atom. The zero-order valence-electron chi connectivity index (χ0n) is 11.8. The topological polar surface area (TPSA) is 86.9 Å². The van der Waals surface area contributed by atoms with E-state index in [1.807, 2.05) is 6.92 Å². The van der Waals surface area contributed by atoms with Crippen molar-refractivity contribution in [1.82, 2.24) is 15.5 Å². The van der Waals surface area contributed by atoms with Crippen LogP contribution in [0.25, 0.3) is 0 Å². The number of hydrogen-bond acceptors (Lipinski definition) is 4. The molecule has 21 heavy (non-hydrogen) atoms. The minimum atomic E-state index is -3.91. The summed E-state index contributed by atoms with van der Waals surface area (Å²) in [5, 5.41) is 9.14. The van der Waals surface area contributed by atoms with Gasteiger partial charge in [-0.3, -0.25) is 9.82 Å². The largest absolute Gasteiger partial charge is 0.313 e. The van der Waals surface area contributed by atoms with E-state index in [1.54, 1.807) is 13.0 Å². The van der Waals surface area contributed by atoms with Gasteiger partial charge in [-0.05, 0) is 31.2 Å². The Balaban J connectivity index is 2.28. The number of aryl methyl sites for hydroxylation is 1. The normalized spacial score (nSPS) is 11.6. The third-order valence-electron chi connectivity index (χ3n) is 2.88. The molecule has 2 aromatic rings. The van der Waals surface area contributed by atoms with Crippen LogP contribution in [-0.2, 0) is 16.6 Å². The molecule has 8 heteroatoms. The lowest BCUT2D eigenvalue weighted by atomic mass is 10.2. The summed E-state index contributed by atoms with van der Waals surface area (Å²) < 4.78 is 40.6. The number of aromatic nitrogens is 2. The Morgan fingerprint density at radius 2 is 2.14 bits per heavy atom. The van der Waals surface area contributed by atoms with Crippen LogP contribution in [-0.4, -0.2) is 25.2 Å².